The molecule has 2 N–H and O–H groups in total. The van der Waals surface area contributed by atoms with Crippen LogP contribution in [-0.4, -0.2) is 42.3 Å². The zero-order valence-electron chi connectivity index (χ0n) is 12.2. The molecule has 0 aliphatic carbocycles. The second-order valence-corrected chi connectivity index (χ2v) is 7.65. The van der Waals surface area contributed by atoms with Crippen molar-refractivity contribution >= 4 is 27.7 Å². The largest absolute Gasteiger partial charge is 0.454 e. The summed E-state index contributed by atoms with van der Waals surface area (Å²) in [6.45, 7) is 5.37. The molecular formula is C15H21BrN2O2S. The van der Waals surface area contributed by atoms with Gasteiger partial charge in [0.15, 0.2) is 11.5 Å². The van der Waals surface area contributed by atoms with Crippen LogP contribution in [0.15, 0.2) is 16.6 Å². The molecular weight excluding hydrogens is 352 g/mol. The van der Waals surface area contributed by atoms with Crippen molar-refractivity contribution in [3.05, 3.63) is 22.2 Å². The second kappa shape index (κ2) is 6.77. The number of hydrogen-bond acceptors (Lipinski definition) is 5. The summed E-state index contributed by atoms with van der Waals surface area (Å²) in [4.78, 5) is 2.51. The van der Waals surface area contributed by atoms with E-state index in [2.05, 4.69) is 51.6 Å². The molecule has 116 valence electrons. The zero-order valence-corrected chi connectivity index (χ0v) is 14.6. The number of fused-ring (bicyclic) bond motifs is 1. The summed E-state index contributed by atoms with van der Waals surface area (Å²) in [6.07, 6.45) is 1.21. The molecule has 0 aromatic heterocycles. The highest BCUT2D eigenvalue weighted by molar-refractivity contribution is 9.10. The van der Waals surface area contributed by atoms with Crippen LogP contribution in [0.1, 0.15) is 24.9 Å². The minimum absolute atomic E-state index is 0.241. The molecule has 1 aromatic carbocycles. The first-order valence-electron chi connectivity index (χ1n) is 7.37. The third kappa shape index (κ3) is 3.18. The monoisotopic (exact) mass is 372 g/mol. The second-order valence-electron chi connectivity index (χ2n) is 5.38. The molecule has 2 unspecified atom stereocenters. The Morgan fingerprint density at radius 2 is 2.33 bits per heavy atom. The van der Waals surface area contributed by atoms with Gasteiger partial charge in [0.25, 0.3) is 0 Å². The molecule has 21 heavy (non-hydrogen) atoms. The van der Waals surface area contributed by atoms with Crippen LogP contribution in [0, 0.1) is 0 Å². The number of thioether (sulfide) groups is 1. The summed E-state index contributed by atoms with van der Waals surface area (Å²) in [5, 5.41) is 0.713. The van der Waals surface area contributed by atoms with Crippen molar-refractivity contribution in [3.63, 3.8) is 0 Å². The van der Waals surface area contributed by atoms with Gasteiger partial charge in [-0.1, -0.05) is 6.92 Å². The molecule has 0 spiro atoms. The first-order valence-corrected chi connectivity index (χ1v) is 9.21. The fraction of sp³-hybridized carbons (Fsp3) is 0.600. The van der Waals surface area contributed by atoms with Crippen molar-refractivity contribution in [2.24, 2.45) is 5.73 Å². The van der Waals surface area contributed by atoms with Crippen LogP contribution in [0.2, 0.25) is 0 Å². The summed E-state index contributed by atoms with van der Waals surface area (Å²) in [6, 6.07) is 4.44. The van der Waals surface area contributed by atoms with Crippen molar-refractivity contribution in [1.82, 2.24) is 4.90 Å². The average molecular weight is 373 g/mol. The van der Waals surface area contributed by atoms with Crippen molar-refractivity contribution in [2.45, 2.75) is 24.6 Å². The lowest BCUT2D eigenvalue weighted by atomic mass is 10.0. The Labute approximate surface area is 138 Å². The maximum absolute atomic E-state index is 6.08. The van der Waals surface area contributed by atoms with E-state index >= 15 is 0 Å². The summed E-state index contributed by atoms with van der Waals surface area (Å²) < 4.78 is 11.9. The van der Waals surface area contributed by atoms with Crippen molar-refractivity contribution in [3.8, 4) is 11.5 Å². The van der Waals surface area contributed by atoms with Gasteiger partial charge >= 0.3 is 0 Å². The molecule has 4 nitrogen and oxygen atoms in total. The SMILES string of the molecule is CCC1CN(C(CN)c2cc(Br)c3c(c2)OCO3)CCS1. The molecule has 1 saturated heterocycles. The Morgan fingerprint density at radius 1 is 1.48 bits per heavy atom. The van der Waals surface area contributed by atoms with Gasteiger partial charge in [-0.2, -0.15) is 11.8 Å². The van der Waals surface area contributed by atoms with E-state index in [4.69, 9.17) is 15.2 Å². The number of hydrogen-bond donors (Lipinski definition) is 1. The van der Waals surface area contributed by atoms with Crippen molar-refractivity contribution in [2.75, 3.05) is 32.2 Å². The maximum Gasteiger partial charge on any atom is 0.231 e. The molecule has 0 bridgehead atoms. The van der Waals surface area contributed by atoms with E-state index in [1.807, 2.05) is 0 Å². The van der Waals surface area contributed by atoms with Gasteiger partial charge in [0.2, 0.25) is 6.79 Å². The summed E-state index contributed by atoms with van der Waals surface area (Å²) >= 11 is 5.65. The van der Waals surface area contributed by atoms with E-state index in [9.17, 15) is 0 Å². The van der Waals surface area contributed by atoms with Crippen LogP contribution < -0.4 is 15.2 Å². The molecule has 2 aliphatic heterocycles. The molecule has 3 rings (SSSR count). The summed E-state index contributed by atoms with van der Waals surface area (Å²) in [7, 11) is 0. The van der Waals surface area contributed by atoms with Crippen LogP contribution in [0.25, 0.3) is 0 Å². The van der Waals surface area contributed by atoms with Gasteiger partial charge in [0.05, 0.1) is 4.47 Å². The molecule has 0 amide bonds. The fourth-order valence-corrected chi connectivity index (χ4v) is 4.73. The highest BCUT2D eigenvalue weighted by atomic mass is 79.9. The Hall–Kier alpha value is -0.430. The minimum Gasteiger partial charge on any atom is -0.454 e. The van der Waals surface area contributed by atoms with Crippen LogP contribution in [-0.2, 0) is 0 Å². The predicted octanol–water partition coefficient (Wildman–Crippen LogP) is 3.01. The number of nitrogens with zero attached hydrogens (tertiary/aromatic N) is 1. The lowest BCUT2D eigenvalue weighted by Crippen LogP contribution is -2.42. The number of ether oxygens (including phenoxy) is 2. The Morgan fingerprint density at radius 3 is 3.10 bits per heavy atom. The summed E-state index contributed by atoms with van der Waals surface area (Å²) in [5.74, 6) is 2.80. The normalized spacial score (nSPS) is 23.3. The lowest BCUT2D eigenvalue weighted by Gasteiger charge is -2.37. The van der Waals surface area contributed by atoms with Gasteiger partial charge in [0.1, 0.15) is 0 Å². The zero-order chi connectivity index (χ0) is 14.8. The average Bonchev–Trinajstić information content (AvgIpc) is 2.97. The Balaban J connectivity index is 1.84. The van der Waals surface area contributed by atoms with E-state index in [0.717, 1.165) is 29.1 Å². The molecule has 0 radical (unpaired) electrons. The van der Waals surface area contributed by atoms with Crippen LogP contribution in [0.4, 0.5) is 0 Å². The van der Waals surface area contributed by atoms with E-state index in [1.54, 1.807) is 0 Å². The number of benzene rings is 1. The van der Waals surface area contributed by atoms with Gasteiger partial charge in [-0.15, -0.1) is 0 Å². The van der Waals surface area contributed by atoms with Crippen LogP contribution in [0.5, 0.6) is 11.5 Å². The van der Waals surface area contributed by atoms with Gasteiger partial charge in [0, 0.05) is 36.7 Å². The van der Waals surface area contributed by atoms with Crippen molar-refractivity contribution in [1.29, 1.82) is 0 Å². The Bertz CT molecular complexity index is 515. The smallest absolute Gasteiger partial charge is 0.231 e. The molecule has 6 heteroatoms. The van der Waals surface area contributed by atoms with E-state index in [1.165, 1.54) is 17.7 Å². The minimum atomic E-state index is 0.241. The number of nitrogens with two attached hydrogens (primary N) is 1. The van der Waals surface area contributed by atoms with E-state index in [-0.39, 0.29) is 6.04 Å². The van der Waals surface area contributed by atoms with Gasteiger partial charge in [-0.05, 0) is 40.0 Å². The molecule has 1 fully saturated rings. The predicted molar refractivity (Wildman–Crippen MR) is 90.2 cm³/mol. The third-order valence-electron chi connectivity index (χ3n) is 4.12. The number of halogens is 1. The Kier molecular flexibility index (Phi) is 4.99. The van der Waals surface area contributed by atoms with E-state index < -0.39 is 0 Å². The quantitative estimate of drug-likeness (QED) is 0.879. The first kappa shape index (κ1) is 15.5. The van der Waals surface area contributed by atoms with E-state index in [0.29, 0.717) is 18.6 Å². The topological polar surface area (TPSA) is 47.7 Å². The highest BCUT2D eigenvalue weighted by Gasteiger charge is 2.28. The van der Waals surface area contributed by atoms with Gasteiger partial charge in [-0.25, -0.2) is 0 Å². The first-order chi connectivity index (χ1) is 10.2. The lowest BCUT2D eigenvalue weighted by molar-refractivity contribution is 0.173. The van der Waals surface area contributed by atoms with Crippen LogP contribution >= 0.6 is 27.7 Å². The standard InChI is InChI=1S/C15H21BrN2O2S/c1-2-11-8-18(3-4-21-11)13(7-17)10-5-12(16)15-14(6-10)19-9-20-15/h5-6,11,13H,2-4,7-9,17H2,1H3. The fourth-order valence-electron chi connectivity index (χ4n) is 2.95. The van der Waals surface area contributed by atoms with Gasteiger partial charge < -0.3 is 15.2 Å². The third-order valence-corrected chi connectivity index (χ3v) is 6.09. The summed E-state index contributed by atoms with van der Waals surface area (Å²) in [5.41, 5.74) is 7.29. The molecule has 2 atom stereocenters. The van der Waals surface area contributed by atoms with Crippen LogP contribution in [0.3, 0.4) is 0 Å². The molecule has 1 aromatic rings. The molecule has 0 saturated carbocycles. The van der Waals surface area contributed by atoms with Gasteiger partial charge in [-0.3, -0.25) is 4.90 Å². The highest BCUT2D eigenvalue weighted by Crippen LogP contribution is 2.42. The van der Waals surface area contributed by atoms with Crippen molar-refractivity contribution < 1.29 is 9.47 Å². The molecule has 2 heterocycles. The molecule has 2 aliphatic rings. The maximum atomic E-state index is 6.08. The number of rotatable bonds is 4.